The lowest BCUT2D eigenvalue weighted by Gasteiger charge is -2.12. The maximum atomic E-state index is 12.0. The first-order valence-corrected chi connectivity index (χ1v) is 10.5. The Hall–Kier alpha value is -2.99. The van der Waals surface area contributed by atoms with Crippen LogP contribution in [0.2, 0.25) is 0 Å². The summed E-state index contributed by atoms with van der Waals surface area (Å²) in [5, 5.41) is 8.01. The molecule has 2 aromatic carbocycles. The van der Waals surface area contributed by atoms with E-state index in [0.717, 1.165) is 30.8 Å². The SMILES string of the molecule is CN(C)C(=O)c1ccc(-c2nc(C3(CN[C@H]4C[C@@H]4c4ccccc4)CC3)no2)cc1. The van der Waals surface area contributed by atoms with Crippen molar-refractivity contribution in [2.75, 3.05) is 20.6 Å². The van der Waals surface area contributed by atoms with Crippen molar-refractivity contribution in [3.05, 3.63) is 71.5 Å². The number of hydrogen-bond acceptors (Lipinski definition) is 5. The second-order valence-corrected chi connectivity index (χ2v) is 8.72. The van der Waals surface area contributed by atoms with Crippen molar-refractivity contribution < 1.29 is 9.32 Å². The monoisotopic (exact) mass is 402 g/mol. The Kier molecular flexibility index (Phi) is 4.66. The molecule has 0 spiro atoms. The van der Waals surface area contributed by atoms with Crippen molar-refractivity contribution in [3.63, 3.8) is 0 Å². The van der Waals surface area contributed by atoms with E-state index in [2.05, 4.69) is 45.8 Å². The smallest absolute Gasteiger partial charge is 0.257 e. The van der Waals surface area contributed by atoms with E-state index in [1.54, 1.807) is 31.1 Å². The van der Waals surface area contributed by atoms with Crippen molar-refractivity contribution in [2.45, 2.75) is 36.6 Å². The minimum Gasteiger partial charge on any atom is -0.345 e. The summed E-state index contributed by atoms with van der Waals surface area (Å²) in [5.74, 6) is 1.89. The molecule has 6 nitrogen and oxygen atoms in total. The van der Waals surface area contributed by atoms with Crippen LogP contribution in [-0.4, -0.2) is 47.6 Å². The highest BCUT2D eigenvalue weighted by Gasteiger charge is 2.50. The maximum Gasteiger partial charge on any atom is 0.257 e. The lowest BCUT2D eigenvalue weighted by molar-refractivity contribution is 0.0827. The van der Waals surface area contributed by atoms with E-state index in [1.807, 2.05) is 12.1 Å². The van der Waals surface area contributed by atoms with Gasteiger partial charge >= 0.3 is 0 Å². The zero-order valence-electron chi connectivity index (χ0n) is 17.3. The minimum atomic E-state index is -0.0235. The molecular formula is C24H26N4O2. The second-order valence-electron chi connectivity index (χ2n) is 8.72. The van der Waals surface area contributed by atoms with Crippen molar-refractivity contribution in [1.82, 2.24) is 20.4 Å². The van der Waals surface area contributed by atoms with Gasteiger partial charge in [-0.05, 0) is 49.1 Å². The molecule has 2 atom stereocenters. The van der Waals surface area contributed by atoms with Gasteiger partial charge in [0.1, 0.15) is 0 Å². The first-order chi connectivity index (χ1) is 14.6. The number of carbonyl (C=O) groups is 1. The van der Waals surface area contributed by atoms with E-state index in [1.165, 1.54) is 12.0 Å². The number of rotatable bonds is 7. The van der Waals surface area contributed by atoms with Gasteiger partial charge in [-0.25, -0.2) is 0 Å². The molecule has 6 heteroatoms. The molecule has 0 bridgehead atoms. The molecule has 1 amide bonds. The van der Waals surface area contributed by atoms with E-state index in [0.29, 0.717) is 23.4 Å². The molecule has 0 radical (unpaired) electrons. The number of nitrogens with one attached hydrogen (secondary N) is 1. The molecule has 2 aliphatic rings. The third-order valence-electron chi connectivity index (χ3n) is 6.26. The summed E-state index contributed by atoms with van der Waals surface area (Å²) < 4.78 is 5.55. The minimum absolute atomic E-state index is 0.00753. The summed E-state index contributed by atoms with van der Waals surface area (Å²) in [4.78, 5) is 18.3. The summed E-state index contributed by atoms with van der Waals surface area (Å²) >= 11 is 0. The van der Waals surface area contributed by atoms with Gasteiger partial charge in [0, 0.05) is 49.1 Å². The fourth-order valence-electron chi connectivity index (χ4n) is 4.02. The third-order valence-corrected chi connectivity index (χ3v) is 6.26. The lowest BCUT2D eigenvalue weighted by atomic mass is 10.1. The molecule has 3 aromatic rings. The van der Waals surface area contributed by atoms with Crippen molar-refractivity contribution >= 4 is 5.91 Å². The Morgan fingerprint density at radius 1 is 1.13 bits per heavy atom. The predicted molar refractivity (Wildman–Crippen MR) is 114 cm³/mol. The van der Waals surface area contributed by atoms with Gasteiger partial charge < -0.3 is 14.7 Å². The fraction of sp³-hybridized carbons (Fsp3) is 0.375. The predicted octanol–water partition coefficient (Wildman–Crippen LogP) is 3.62. The summed E-state index contributed by atoms with van der Waals surface area (Å²) in [6.07, 6.45) is 3.35. The van der Waals surface area contributed by atoms with Crippen LogP contribution < -0.4 is 5.32 Å². The largest absolute Gasteiger partial charge is 0.345 e. The number of benzene rings is 2. The molecule has 0 aliphatic heterocycles. The average Bonchev–Trinajstić information content (AvgIpc) is 3.69. The molecule has 2 saturated carbocycles. The van der Waals surface area contributed by atoms with Crippen LogP contribution in [0.3, 0.4) is 0 Å². The first kappa shape index (κ1) is 19.0. The van der Waals surface area contributed by atoms with Crippen LogP contribution in [0.15, 0.2) is 59.1 Å². The molecule has 1 aromatic heterocycles. The topological polar surface area (TPSA) is 71.3 Å². The molecule has 1 heterocycles. The van der Waals surface area contributed by atoms with Gasteiger partial charge in [-0.15, -0.1) is 0 Å². The van der Waals surface area contributed by atoms with Crippen LogP contribution in [-0.2, 0) is 5.41 Å². The Morgan fingerprint density at radius 3 is 2.53 bits per heavy atom. The summed E-state index contributed by atoms with van der Waals surface area (Å²) in [7, 11) is 3.49. The summed E-state index contributed by atoms with van der Waals surface area (Å²) in [6, 6.07) is 18.6. The van der Waals surface area contributed by atoms with Crippen LogP contribution >= 0.6 is 0 Å². The van der Waals surface area contributed by atoms with Gasteiger partial charge in [-0.3, -0.25) is 4.79 Å². The quantitative estimate of drug-likeness (QED) is 0.654. The van der Waals surface area contributed by atoms with Gasteiger partial charge in [0.05, 0.1) is 0 Å². The Bertz CT molecular complexity index is 1040. The highest BCUT2D eigenvalue weighted by Crippen LogP contribution is 2.48. The van der Waals surface area contributed by atoms with Gasteiger partial charge in [0.2, 0.25) is 0 Å². The molecule has 0 saturated heterocycles. The molecule has 2 aliphatic carbocycles. The Morgan fingerprint density at radius 2 is 1.87 bits per heavy atom. The molecule has 30 heavy (non-hydrogen) atoms. The zero-order valence-corrected chi connectivity index (χ0v) is 17.3. The zero-order chi connectivity index (χ0) is 20.7. The number of nitrogens with zero attached hydrogens (tertiary/aromatic N) is 3. The van der Waals surface area contributed by atoms with E-state index in [4.69, 9.17) is 4.52 Å². The number of amides is 1. The third kappa shape index (κ3) is 3.63. The first-order valence-electron chi connectivity index (χ1n) is 10.5. The lowest BCUT2D eigenvalue weighted by Crippen LogP contribution is -2.30. The fourth-order valence-corrected chi connectivity index (χ4v) is 4.02. The van der Waals surface area contributed by atoms with E-state index in [-0.39, 0.29) is 11.3 Å². The standard InChI is InChI=1S/C24H26N4O2/c1-28(2)22(29)18-10-8-17(9-11-18)21-26-23(27-30-21)24(12-13-24)15-25-20-14-19(20)16-6-4-3-5-7-16/h3-11,19-20,25H,12-15H2,1-2H3/t19-,20+/m1/s1. The van der Waals surface area contributed by atoms with Crippen LogP contribution in [0.4, 0.5) is 0 Å². The number of carbonyl (C=O) groups excluding carboxylic acids is 1. The van der Waals surface area contributed by atoms with E-state index in [9.17, 15) is 4.79 Å². The molecule has 2 fully saturated rings. The van der Waals surface area contributed by atoms with Crippen LogP contribution in [0, 0.1) is 0 Å². The average molecular weight is 402 g/mol. The van der Waals surface area contributed by atoms with Crippen LogP contribution in [0.1, 0.15) is 46.9 Å². The molecule has 5 rings (SSSR count). The van der Waals surface area contributed by atoms with Gasteiger partial charge in [-0.1, -0.05) is 35.5 Å². The van der Waals surface area contributed by atoms with Crippen LogP contribution in [0.5, 0.6) is 0 Å². The van der Waals surface area contributed by atoms with E-state index >= 15 is 0 Å². The normalized spacial score (nSPS) is 21.3. The van der Waals surface area contributed by atoms with Crippen molar-refractivity contribution in [1.29, 1.82) is 0 Å². The molecule has 1 N–H and O–H groups in total. The van der Waals surface area contributed by atoms with Crippen molar-refractivity contribution in [2.24, 2.45) is 0 Å². The van der Waals surface area contributed by atoms with Gasteiger partial charge in [0.25, 0.3) is 11.8 Å². The highest BCUT2D eigenvalue weighted by molar-refractivity contribution is 5.94. The van der Waals surface area contributed by atoms with Crippen molar-refractivity contribution in [3.8, 4) is 11.5 Å². The second kappa shape index (κ2) is 7.36. The van der Waals surface area contributed by atoms with Gasteiger partial charge in [-0.2, -0.15) is 4.98 Å². The van der Waals surface area contributed by atoms with E-state index < -0.39 is 0 Å². The Balaban J connectivity index is 1.23. The number of aromatic nitrogens is 2. The maximum absolute atomic E-state index is 12.0. The number of hydrogen-bond donors (Lipinski definition) is 1. The van der Waals surface area contributed by atoms with Gasteiger partial charge in [0.15, 0.2) is 5.82 Å². The Labute approximate surface area is 176 Å². The summed E-state index contributed by atoms with van der Waals surface area (Å²) in [6.45, 7) is 0.885. The summed E-state index contributed by atoms with van der Waals surface area (Å²) in [5.41, 5.74) is 2.88. The highest BCUT2D eigenvalue weighted by atomic mass is 16.5. The van der Waals surface area contributed by atoms with Crippen LogP contribution in [0.25, 0.3) is 11.5 Å². The molecule has 0 unspecified atom stereocenters. The molecular weight excluding hydrogens is 376 g/mol. The molecule has 154 valence electrons.